The molecule has 0 saturated carbocycles. The van der Waals surface area contributed by atoms with Crippen LogP contribution in [0.4, 0.5) is 0 Å². The molecule has 0 unspecified atom stereocenters. The summed E-state index contributed by atoms with van der Waals surface area (Å²) in [7, 11) is 1.62. The molecule has 2 aromatic rings. The summed E-state index contributed by atoms with van der Waals surface area (Å²) in [6.45, 7) is 0.0188. The molecule has 23 heavy (non-hydrogen) atoms. The van der Waals surface area contributed by atoms with E-state index >= 15 is 0 Å². The van der Waals surface area contributed by atoms with Crippen molar-refractivity contribution in [3.05, 3.63) is 59.7 Å². The number of nitrogens with one attached hydrogen (secondary N) is 1. The van der Waals surface area contributed by atoms with Crippen molar-refractivity contribution in [3.63, 3.8) is 0 Å². The van der Waals surface area contributed by atoms with E-state index in [0.29, 0.717) is 5.75 Å². The molecule has 1 amide bonds. The Morgan fingerprint density at radius 3 is 2.65 bits per heavy atom. The Hall–Kier alpha value is -2.49. The number of fused-ring (bicyclic) bond motifs is 1. The molecule has 0 saturated heterocycles. The summed E-state index contributed by atoms with van der Waals surface area (Å²) in [5, 5.41) is 3.08. The van der Waals surface area contributed by atoms with Gasteiger partial charge in [0.25, 0.3) is 5.91 Å². The number of benzene rings is 2. The third-order valence-electron chi connectivity index (χ3n) is 4.13. The van der Waals surface area contributed by atoms with Crippen LogP contribution < -0.4 is 14.8 Å². The van der Waals surface area contributed by atoms with Crippen LogP contribution in [0.25, 0.3) is 0 Å². The maximum atomic E-state index is 12.2. The van der Waals surface area contributed by atoms with Crippen LogP contribution in [-0.2, 0) is 11.2 Å². The van der Waals surface area contributed by atoms with Crippen LogP contribution in [0.3, 0.4) is 0 Å². The van der Waals surface area contributed by atoms with Crippen LogP contribution >= 0.6 is 0 Å². The number of methoxy groups -OCH3 is 1. The normalized spacial score (nSPS) is 16.3. The van der Waals surface area contributed by atoms with E-state index in [2.05, 4.69) is 23.5 Å². The molecule has 4 nitrogen and oxygen atoms in total. The van der Waals surface area contributed by atoms with E-state index < -0.39 is 0 Å². The standard InChI is InChI=1S/C19H21NO3/c1-22-15-9-11-16(12-10-15)23-13-19(21)20-18-8-4-6-14-5-2-3-7-17(14)18/h2-3,5,7,9-12,18H,4,6,8,13H2,1H3,(H,20,21)/t18-/m1/s1. The van der Waals surface area contributed by atoms with Crippen molar-refractivity contribution in [1.82, 2.24) is 5.32 Å². The fourth-order valence-electron chi connectivity index (χ4n) is 2.96. The second kappa shape index (κ2) is 7.18. The summed E-state index contributed by atoms with van der Waals surface area (Å²) in [4.78, 5) is 12.2. The molecule has 0 aliphatic heterocycles. The Labute approximate surface area is 136 Å². The van der Waals surface area contributed by atoms with E-state index in [9.17, 15) is 4.79 Å². The minimum absolute atomic E-state index is 0.0188. The van der Waals surface area contributed by atoms with Crippen LogP contribution in [0.5, 0.6) is 11.5 Å². The van der Waals surface area contributed by atoms with Crippen molar-refractivity contribution in [2.75, 3.05) is 13.7 Å². The zero-order chi connectivity index (χ0) is 16.1. The van der Waals surface area contributed by atoms with Crippen molar-refractivity contribution in [1.29, 1.82) is 0 Å². The van der Waals surface area contributed by atoms with Crippen molar-refractivity contribution >= 4 is 5.91 Å². The number of carbonyl (C=O) groups excluding carboxylic acids is 1. The van der Waals surface area contributed by atoms with Gasteiger partial charge in [-0.2, -0.15) is 0 Å². The Kier molecular flexibility index (Phi) is 4.81. The van der Waals surface area contributed by atoms with E-state index in [-0.39, 0.29) is 18.6 Å². The van der Waals surface area contributed by atoms with Crippen molar-refractivity contribution in [3.8, 4) is 11.5 Å². The van der Waals surface area contributed by atoms with Crippen LogP contribution in [-0.4, -0.2) is 19.6 Å². The first-order valence-corrected chi connectivity index (χ1v) is 7.90. The molecule has 0 aromatic heterocycles. The summed E-state index contributed by atoms with van der Waals surface area (Å²) in [6, 6.07) is 15.6. The maximum Gasteiger partial charge on any atom is 0.258 e. The van der Waals surface area contributed by atoms with Gasteiger partial charge in [-0.3, -0.25) is 4.79 Å². The first-order chi connectivity index (χ1) is 11.3. The molecule has 1 aliphatic carbocycles. The average Bonchev–Trinajstić information content (AvgIpc) is 2.61. The highest BCUT2D eigenvalue weighted by Gasteiger charge is 2.21. The highest BCUT2D eigenvalue weighted by molar-refractivity contribution is 5.78. The zero-order valence-corrected chi connectivity index (χ0v) is 13.2. The van der Waals surface area contributed by atoms with Crippen molar-refractivity contribution < 1.29 is 14.3 Å². The predicted octanol–water partition coefficient (Wildman–Crippen LogP) is 3.27. The van der Waals surface area contributed by atoms with E-state index in [0.717, 1.165) is 25.0 Å². The summed E-state index contributed by atoms with van der Waals surface area (Å²) >= 11 is 0. The van der Waals surface area contributed by atoms with Gasteiger partial charge in [-0.25, -0.2) is 0 Å². The van der Waals surface area contributed by atoms with E-state index in [4.69, 9.17) is 9.47 Å². The van der Waals surface area contributed by atoms with E-state index in [1.165, 1.54) is 11.1 Å². The van der Waals surface area contributed by atoms with Gasteiger partial charge in [0.05, 0.1) is 13.2 Å². The summed E-state index contributed by atoms with van der Waals surface area (Å²) in [5.74, 6) is 1.33. The third kappa shape index (κ3) is 3.83. The fraction of sp³-hybridized carbons (Fsp3) is 0.316. The largest absolute Gasteiger partial charge is 0.497 e. The second-order valence-electron chi connectivity index (χ2n) is 5.68. The Bertz CT molecular complexity index is 667. The minimum Gasteiger partial charge on any atom is -0.497 e. The van der Waals surface area contributed by atoms with Gasteiger partial charge in [0.2, 0.25) is 0 Å². The Morgan fingerprint density at radius 1 is 1.13 bits per heavy atom. The first kappa shape index (κ1) is 15.4. The average molecular weight is 311 g/mol. The maximum absolute atomic E-state index is 12.2. The van der Waals surface area contributed by atoms with Crippen LogP contribution in [0.15, 0.2) is 48.5 Å². The molecule has 1 N–H and O–H groups in total. The van der Waals surface area contributed by atoms with Gasteiger partial charge in [-0.05, 0) is 54.7 Å². The number of ether oxygens (including phenoxy) is 2. The molecule has 2 aromatic carbocycles. The van der Waals surface area contributed by atoms with Gasteiger partial charge < -0.3 is 14.8 Å². The number of aryl methyl sites for hydroxylation is 1. The summed E-state index contributed by atoms with van der Waals surface area (Å²) in [6.07, 6.45) is 3.16. The third-order valence-corrected chi connectivity index (χ3v) is 4.13. The number of amides is 1. The lowest BCUT2D eigenvalue weighted by atomic mass is 9.88. The van der Waals surface area contributed by atoms with Gasteiger partial charge in [-0.15, -0.1) is 0 Å². The van der Waals surface area contributed by atoms with Gasteiger partial charge in [0.1, 0.15) is 11.5 Å². The number of rotatable bonds is 5. The molecule has 0 heterocycles. The van der Waals surface area contributed by atoms with Gasteiger partial charge in [0.15, 0.2) is 6.61 Å². The Balaban J connectivity index is 1.55. The topological polar surface area (TPSA) is 47.6 Å². The molecule has 0 spiro atoms. The van der Waals surface area contributed by atoms with Gasteiger partial charge in [0, 0.05) is 0 Å². The number of hydrogen-bond donors (Lipinski definition) is 1. The first-order valence-electron chi connectivity index (χ1n) is 7.90. The summed E-state index contributed by atoms with van der Waals surface area (Å²) < 4.78 is 10.6. The van der Waals surface area contributed by atoms with Gasteiger partial charge >= 0.3 is 0 Å². The lowest BCUT2D eigenvalue weighted by Gasteiger charge is -2.26. The number of hydrogen-bond acceptors (Lipinski definition) is 3. The van der Waals surface area contributed by atoms with E-state index in [1.54, 1.807) is 19.2 Å². The molecular formula is C19H21NO3. The lowest BCUT2D eigenvalue weighted by Crippen LogP contribution is -2.34. The zero-order valence-electron chi connectivity index (χ0n) is 13.2. The van der Waals surface area contributed by atoms with E-state index in [1.807, 2.05) is 18.2 Å². The second-order valence-corrected chi connectivity index (χ2v) is 5.68. The van der Waals surface area contributed by atoms with Crippen molar-refractivity contribution in [2.24, 2.45) is 0 Å². The predicted molar refractivity (Wildman–Crippen MR) is 88.8 cm³/mol. The molecule has 0 bridgehead atoms. The Morgan fingerprint density at radius 2 is 1.87 bits per heavy atom. The lowest BCUT2D eigenvalue weighted by molar-refractivity contribution is -0.123. The monoisotopic (exact) mass is 311 g/mol. The van der Waals surface area contributed by atoms with Gasteiger partial charge in [-0.1, -0.05) is 24.3 Å². The molecule has 1 aliphatic rings. The van der Waals surface area contributed by atoms with Crippen LogP contribution in [0.2, 0.25) is 0 Å². The molecule has 0 radical (unpaired) electrons. The highest BCUT2D eigenvalue weighted by Crippen LogP contribution is 2.29. The molecule has 4 heteroatoms. The van der Waals surface area contributed by atoms with Crippen molar-refractivity contribution in [2.45, 2.75) is 25.3 Å². The smallest absolute Gasteiger partial charge is 0.258 e. The highest BCUT2D eigenvalue weighted by atomic mass is 16.5. The molecular weight excluding hydrogens is 290 g/mol. The quantitative estimate of drug-likeness (QED) is 0.922. The fourth-order valence-corrected chi connectivity index (χ4v) is 2.96. The summed E-state index contributed by atoms with van der Waals surface area (Å²) in [5.41, 5.74) is 2.57. The SMILES string of the molecule is COc1ccc(OCC(=O)N[C@@H]2CCCc3ccccc32)cc1. The molecule has 120 valence electrons. The van der Waals surface area contributed by atoms with Crippen LogP contribution in [0.1, 0.15) is 30.0 Å². The van der Waals surface area contributed by atoms with Crippen LogP contribution in [0, 0.1) is 0 Å². The molecule has 0 fully saturated rings. The molecule has 1 atom stereocenters. The number of carbonyl (C=O) groups is 1. The molecule has 3 rings (SSSR count). The minimum atomic E-state index is -0.0949.